The van der Waals surface area contributed by atoms with E-state index in [9.17, 15) is 0 Å². The minimum absolute atomic E-state index is 0.405. The lowest BCUT2D eigenvalue weighted by atomic mass is 9.87. The Morgan fingerprint density at radius 3 is 2.67 bits per heavy atom. The predicted octanol–water partition coefficient (Wildman–Crippen LogP) is 3.44. The van der Waals surface area contributed by atoms with Gasteiger partial charge in [-0.2, -0.15) is 5.26 Å². The maximum atomic E-state index is 8.96. The first kappa shape index (κ1) is 11.9. The number of methoxy groups -OCH3 is 1. The van der Waals surface area contributed by atoms with Gasteiger partial charge in [-0.15, -0.1) is 0 Å². The zero-order valence-corrected chi connectivity index (χ0v) is 9.93. The zero-order chi connectivity index (χ0) is 11.5. The zero-order valence-electron chi connectivity index (χ0n) is 9.17. The third-order valence-electron chi connectivity index (χ3n) is 2.18. The van der Waals surface area contributed by atoms with Gasteiger partial charge in [0, 0.05) is 5.02 Å². The van der Waals surface area contributed by atoms with Gasteiger partial charge in [-0.25, -0.2) is 0 Å². The van der Waals surface area contributed by atoms with Crippen LogP contribution < -0.4 is 4.74 Å². The Kier molecular flexibility index (Phi) is 3.60. The van der Waals surface area contributed by atoms with Gasteiger partial charge in [0.25, 0.3) is 0 Å². The molecule has 0 aliphatic rings. The average molecular weight is 224 g/mol. The molecule has 0 fully saturated rings. The summed E-state index contributed by atoms with van der Waals surface area (Å²) in [5.41, 5.74) is 0.564. The van der Waals surface area contributed by atoms with Gasteiger partial charge < -0.3 is 4.74 Å². The first-order chi connectivity index (χ1) is 6.98. The fourth-order valence-corrected chi connectivity index (χ4v) is 1.60. The number of hydrogen-bond donors (Lipinski definition) is 0. The molecule has 80 valence electrons. The minimum atomic E-state index is -0.405. The van der Waals surface area contributed by atoms with Crippen molar-refractivity contribution in [3.05, 3.63) is 28.8 Å². The molecule has 0 amide bonds. The summed E-state index contributed by atoms with van der Waals surface area (Å²) in [4.78, 5) is 0. The highest BCUT2D eigenvalue weighted by molar-refractivity contribution is 6.30. The number of halogens is 1. The number of ether oxygens (including phenoxy) is 1. The molecule has 0 unspecified atom stereocenters. The standard InChI is InChI=1S/C12H14ClNO/c1-12(2,8-14)7-9-6-10(13)4-5-11(9)15-3/h4-6H,7H2,1-3H3. The number of hydrogen-bond acceptors (Lipinski definition) is 2. The molecule has 0 spiro atoms. The molecule has 15 heavy (non-hydrogen) atoms. The van der Waals surface area contributed by atoms with E-state index in [1.807, 2.05) is 26.0 Å². The average Bonchev–Trinajstić information content (AvgIpc) is 2.18. The van der Waals surface area contributed by atoms with Crippen molar-refractivity contribution in [1.29, 1.82) is 5.26 Å². The molecule has 0 atom stereocenters. The fraction of sp³-hybridized carbons (Fsp3) is 0.417. The summed E-state index contributed by atoms with van der Waals surface area (Å²) in [6.45, 7) is 3.79. The van der Waals surface area contributed by atoms with Crippen LogP contribution in [0.2, 0.25) is 5.02 Å². The monoisotopic (exact) mass is 223 g/mol. The van der Waals surface area contributed by atoms with Gasteiger partial charge in [0.1, 0.15) is 5.75 Å². The molecule has 0 aliphatic carbocycles. The molecule has 2 nitrogen and oxygen atoms in total. The van der Waals surface area contributed by atoms with E-state index in [0.717, 1.165) is 11.3 Å². The van der Waals surface area contributed by atoms with Gasteiger partial charge >= 0.3 is 0 Å². The first-order valence-corrected chi connectivity index (χ1v) is 5.10. The van der Waals surface area contributed by atoms with Gasteiger partial charge in [-0.3, -0.25) is 0 Å². The molecule has 0 bridgehead atoms. The van der Waals surface area contributed by atoms with E-state index in [1.165, 1.54) is 0 Å². The van der Waals surface area contributed by atoms with E-state index < -0.39 is 5.41 Å². The van der Waals surface area contributed by atoms with E-state index >= 15 is 0 Å². The lowest BCUT2D eigenvalue weighted by Gasteiger charge is -2.17. The van der Waals surface area contributed by atoms with Crippen molar-refractivity contribution in [2.24, 2.45) is 5.41 Å². The quantitative estimate of drug-likeness (QED) is 0.787. The molecular weight excluding hydrogens is 210 g/mol. The van der Waals surface area contributed by atoms with E-state index in [4.69, 9.17) is 21.6 Å². The Morgan fingerprint density at radius 1 is 1.47 bits per heavy atom. The number of nitriles is 1. The molecule has 0 N–H and O–H groups in total. The molecule has 0 radical (unpaired) electrons. The van der Waals surface area contributed by atoms with Gasteiger partial charge in [-0.05, 0) is 44.0 Å². The van der Waals surface area contributed by atoms with Gasteiger partial charge in [-0.1, -0.05) is 11.6 Å². The SMILES string of the molecule is COc1ccc(Cl)cc1CC(C)(C)C#N. The summed E-state index contributed by atoms with van der Waals surface area (Å²) in [5, 5.41) is 9.63. The van der Waals surface area contributed by atoms with Crippen LogP contribution in [0.25, 0.3) is 0 Å². The summed E-state index contributed by atoms with van der Waals surface area (Å²) in [6.07, 6.45) is 0.632. The van der Waals surface area contributed by atoms with Crippen LogP contribution in [-0.2, 0) is 6.42 Å². The van der Waals surface area contributed by atoms with Crippen molar-refractivity contribution in [1.82, 2.24) is 0 Å². The molecule has 1 aromatic rings. The second kappa shape index (κ2) is 4.55. The predicted molar refractivity (Wildman–Crippen MR) is 61.1 cm³/mol. The second-order valence-corrected chi connectivity index (χ2v) is 4.57. The Bertz CT molecular complexity index is 393. The van der Waals surface area contributed by atoms with Crippen molar-refractivity contribution >= 4 is 11.6 Å². The lowest BCUT2D eigenvalue weighted by molar-refractivity contribution is 0.399. The molecule has 0 heterocycles. The van der Waals surface area contributed by atoms with Crippen molar-refractivity contribution < 1.29 is 4.74 Å². The third-order valence-corrected chi connectivity index (χ3v) is 2.41. The normalized spacial score (nSPS) is 10.9. The summed E-state index contributed by atoms with van der Waals surface area (Å²) >= 11 is 5.91. The van der Waals surface area contributed by atoms with E-state index in [-0.39, 0.29) is 0 Å². The smallest absolute Gasteiger partial charge is 0.122 e. The molecular formula is C12H14ClNO. The first-order valence-electron chi connectivity index (χ1n) is 4.72. The molecule has 0 aromatic heterocycles. The van der Waals surface area contributed by atoms with Gasteiger partial charge in [0.05, 0.1) is 18.6 Å². The summed E-state index contributed by atoms with van der Waals surface area (Å²) in [5.74, 6) is 0.780. The summed E-state index contributed by atoms with van der Waals surface area (Å²) in [7, 11) is 1.62. The van der Waals surface area contributed by atoms with E-state index in [2.05, 4.69) is 6.07 Å². The highest BCUT2D eigenvalue weighted by Crippen LogP contribution is 2.29. The van der Waals surface area contributed by atoms with Crippen molar-refractivity contribution in [3.8, 4) is 11.8 Å². The maximum Gasteiger partial charge on any atom is 0.122 e. The number of benzene rings is 1. The topological polar surface area (TPSA) is 33.0 Å². The van der Waals surface area contributed by atoms with Crippen LogP contribution >= 0.6 is 11.6 Å². The fourth-order valence-electron chi connectivity index (χ4n) is 1.40. The van der Waals surface area contributed by atoms with Gasteiger partial charge in [0.2, 0.25) is 0 Å². The maximum absolute atomic E-state index is 8.96. The third kappa shape index (κ3) is 3.14. The molecule has 3 heteroatoms. The van der Waals surface area contributed by atoms with Crippen molar-refractivity contribution in [2.75, 3.05) is 7.11 Å². The van der Waals surface area contributed by atoms with Crippen molar-refractivity contribution in [2.45, 2.75) is 20.3 Å². The molecule has 0 saturated carbocycles. The Balaban J connectivity index is 3.03. The van der Waals surface area contributed by atoms with Crippen LogP contribution in [-0.4, -0.2) is 7.11 Å². The van der Waals surface area contributed by atoms with Crippen molar-refractivity contribution in [3.63, 3.8) is 0 Å². The van der Waals surface area contributed by atoms with Crippen LogP contribution in [0.5, 0.6) is 5.75 Å². The van der Waals surface area contributed by atoms with Crippen LogP contribution in [0.1, 0.15) is 19.4 Å². The Labute approximate surface area is 95.4 Å². The minimum Gasteiger partial charge on any atom is -0.496 e. The van der Waals surface area contributed by atoms with E-state index in [1.54, 1.807) is 13.2 Å². The van der Waals surface area contributed by atoms with Crippen LogP contribution in [0.3, 0.4) is 0 Å². The second-order valence-electron chi connectivity index (χ2n) is 4.13. The number of nitrogens with zero attached hydrogens (tertiary/aromatic N) is 1. The Hall–Kier alpha value is -1.20. The largest absolute Gasteiger partial charge is 0.496 e. The van der Waals surface area contributed by atoms with Crippen LogP contribution in [0.4, 0.5) is 0 Å². The van der Waals surface area contributed by atoms with E-state index in [0.29, 0.717) is 11.4 Å². The molecule has 0 aliphatic heterocycles. The Morgan fingerprint density at radius 2 is 2.13 bits per heavy atom. The highest BCUT2D eigenvalue weighted by Gasteiger charge is 2.19. The molecule has 1 aromatic carbocycles. The van der Waals surface area contributed by atoms with Gasteiger partial charge in [0.15, 0.2) is 0 Å². The molecule has 1 rings (SSSR count). The van der Waals surface area contributed by atoms with Crippen LogP contribution in [0.15, 0.2) is 18.2 Å². The highest BCUT2D eigenvalue weighted by atomic mass is 35.5. The van der Waals surface area contributed by atoms with Crippen LogP contribution in [0, 0.1) is 16.7 Å². The molecule has 0 saturated heterocycles. The number of rotatable bonds is 3. The summed E-state index contributed by atoms with van der Waals surface area (Å²) < 4.78 is 5.22. The summed E-state index contributed by atoms with van der Waals surface area (Å²) in [6, 6.07) is 7.71. The lowest BCUT2D eigenvalue weighted by Crippen LogP contribution is -2.12.